The van der Waals surface area contributed by atoms with Crippen LogP contribution in [0.4, 0.5) is 5.95 Å². The Bertz CT molecular complexity index is 449. The Morgan fingerprint density at radius 1 is 1.50 bits per heavy atom. The zero-order valence-corrected chi connectivity index (χ0v) is 8.28. The van der Waals surface area contributed by atoms with Gasteiger partial charge in [-0.05, 0) is 11.4 Å². The highest BCUT2D eigenvalue weighted by Crippen LogP contribution is 2.33. The van der Waals surface area contributed by atoms with Crippen LogP contribution in [0.15, 0.2) is 11.4 Å². The number of hydrogen-bond donors (Lipinski definition) is 2. The lowest BCUT2D eigenvalue weighted by atomic mass is 10.4. The van der Waals surface area contributed by atoms with Gasteiger partial charge in [-0.15, -0.1) is 21.5 Å². The first-order valence-corrected chi connectivity index (χ1v) is 4.70. The van der Waals surface area contributed by atoms with Crippen LogP contribution >= 0.6 is 11.3 Å². The standard InChI is InChI=1S/C7H9N5OS/c1-13-4-2-3-14-5(4)6-10-11-7(8)12(6)9/h2-3H,9H2,1H3,(H2,8,11). The second kappa shape index (κ2) is 3.18. The summed E-state index contributed by atoms with van der Waals surface area (Å²) in [6, 6.07) is 1.84. The molecule has 0 atom stereocenters. The minimum atomic E-state index is 0.176. The van der Waals surface area contributed by atoms with Gasteiger partial charge in [0, 0.05) is 0 Å². The molecule has 0 saturated carbocycles. The van der Waals surface area contributed by atoms with E-state index in [4.69, 9.17) is 16.3 Å². The molecule has 2 rings (SSSR count). The van der Waals surface area contributed by atoms with E-state index < -0.39 is 0 Å². The molecule has 7 heteroatoms. The van der Waals surface area contributed by atoms with Gasteiger partial charge >= 0.3 is 0 Å². The smallest absolute Gasteiger partial charge is 0.241 e. The number of nitrogens with zero attached hydrogens (tertiary/aromatic N) is 3. The average molecular weight is 211 g/mol. The third-order valence-electron chi connectivity index (χ3n) is 1.77. The Kier molecular flexibility index (Phi) is 2.01. The van der Waals surface area contributed by atoms with Crippen molar-refractivity contribution in [2.45, 2.75) is 0 Å². The molecular formula is C7H9N5OS. The predicted molar refractivity (Wildman–Crippen MR) is 54.4 cm³/mol. The minimum Gasteiger partial charge on any atom is -0.495 e. The van der Waals surface area contributed by atoms with Crippen LogP contribution < -0.4 is 16.3 Å². The zero-order valence-electron chi connectivity index (χ0n) is 7.47. The van der Waals surface area contributed by atoms with Gasteiger partial charge in [-0.1, -0.05) is 0 Å². The molecule has 0 aliphatic carbocycles. The number of ether oxygens (including phenoxy) is 1. The molecule has 2 aromatic rings. The minimum absolute atomic E-state index is 0.176. The lowest BCUT2D eigenvalue weighted by Crippen LogP contribution is -2.13. The van der Waals surface area contributed by atoms with Crippen molar-refractivity contribution in [3.05, 3.63) is 11.4 Å². The molecule has 0 aromatic carbocycles. The van der Waals surface area contributed by atoms with Gasteiger partial charge in [-0.2, -0.15) is 0 Å². The Labute approximate surface area is 84.1 Å². The summed E-state index contributed by atoms with van der Waals surface area (Å²) in [4.78, 5) is 0.819. The fourth-order valence-electron chi connectivity index (χ4n) is 1.08. The van der Waals surface area contributed by atoms with E-state index in [0.717, 1.165) is 4.88 Å². The van der Waals surface area contributed by atoms with Crippen LogP contribution in [0.25, 0.3) is 10.7 Å². The summed E-state index contributed by atoms with van der Waals surface area (Å²) in [7, 11) is 1.59. The summed E-state index contributed by atoms with van der Waals surface area (Å²) in [5, 5.41) is 9.41. The Balaban J connectivity index is 2.54. The molecule has 0 amide bonds. The predicted octanol–water partition coefficient (Wildman–Crippen LogP) is 0.311. The molecule has 14 heavy (non-hydrogen) atoms. The molecular weight excluding hydrogens is 202 g/mol. The van der Waals surface area contributed by atoms with E-state index >= 15 is 0 Å². The molecule has 0 aliphatic rings. The molecule has 74 valence electrons. The number of nitrogen functional groups attached to an aromatic ring is 2. The lowest BCUT2D eigenvalue weighted by Gasteiger charge is -2.01. The zero-order chi connectivity index (χ0) is 10.1. The van der Waals surface area contributed by atoms with Crippen LogP contribution in [0.1, 0.15) is 0 Å². The summed E-state index contributed by atoms with van der Waals surface area (Å²) in [5.74, 6) is 7.04. The van der Waals surface area contributed by atoms with Crippen LogP contribution in [0.2, 0.25) is 0 Å². The van der Waals surface area contributed by atoms with Crippen LogP contribution in [-0.4, -0.2) is 22.0 Å². The van der Waals surface area contributed by atoms with Crippen LogP contribution in [0.3, 0.4) is 0 Å². The fourth-order valence-corrected chi connectivity index (χ4v) is 1.92. The number of aromatic nitrogens is 3. The SMILES string of the molecule is COc1ccsc1-c1nnc(N)n1N. The molecule has 2 aromatic heterocycles. The molecule has 0 bridgehead atoms. The van der Waals surface area contributed by atoms with E-state index in [0.29, 0.717) is 11.6 Å². The number of thiophene rings is 1. The highest BCUT2D eigenvalue weighted by atomic mass is 32.1. The third kappa shape index (κ3) is 1.18. The van der Waals surface area contributed by atoms with Gasteiger partial charge in [0.05, 0.1) is 7.11 Å². The first kappa shape index (κ1) is 8.82. The fraction of sp³-hybridized carbons (Fsp3) is 0.143. The van der Waals surface area contributed by atoms with Crippen molar-refractivity contribution in [3.8, 4) is 16.5 Å². The van der Waals surface area contributed by atoms with Crippen LogP contribution in [0, 0.1) is 0 Å². The number of methoxy groups -OCH3 is 1. The normalized spacial score (nSPS) is 10.4. The number of hydrogen-bond acceptors (Lipinski definition) is 6. The molecule has 0 spiro atoms. The van der Waals surface area contributed by atoms with Crippen molar-refractivity contribution in [2.75, 3.05) is 18.7 Å². The monoisotopic (exact) mass is 211 g/mol. The maximum Gasteiger partial charge on any atom is 0.241 e. The first-order chi connectivity index (χ1) is 6.74. The van der Waals surface area contributed by atoms with Gasteiger partial charge in [-0.3, -0.25) is 0 Å². The van der Waals surface area contributed by atoms with Crippen LogP contribution in [0.5, 0.6) is 5.75 Å². The maximum atomic E-state index is 5.64. The maximum absolute atomic E-state index is 5.64. The highest BCUT2D eigenvalue weighted by Gasteiger charge is 2.15. The summed E-state index contributed by atoms with van der Waals surface area (Å²) in [5.41, 5.74) is 5.47. The highest BCUT2D eigenvalue weighted by molar-refractivity contribution is 7.13. The van der Waals surface area contributed by atoms with E-state index in [-0.39, 0.29) is 5.95 Å². The average Bonchev–Trinajstić information content (AvgIpc) is 2.75. The van der Waals surface area contributed by atoms with E-state index in [9.17, 15) is 0 Å². The van der Waals surface area contributed by atoms with Gasteiger partial charge in [0.1, 0.15) is 10.6 Å². The Morgan fingerprint density at radius 3 is 2.86 bits per heavy atom. The number of rotatable bonds is 2. The van der Waals surface area contributed by atoms with Crippen molar-refractivity contribution in [2.24, 2.45) is 0 Å². The molecule has 0 saturated heterocycles. The molecule has 4 N–H and O–H groups in total. The van der Waals surface area contributed by atoms with Gasteiger partial charge in [-0.25, -0.2) is 4.68 Å². The van der Waals surface area contributed by atoms with Crippen LogP contribution in [-0.2, 0) is 0 Å². The Morgan fingerprint density at radius 2 is 2.29 bits per heavy atom. The van der Waals surface area contributed by atoms with E-state index in [2.05, 4.69) is 10.2 Å². The second-order valence-corrected chi connectivity index (χ2v) is 3.49. The molecule has 0 fully saturated rings. The summed E-state index contributed by atoms with van der Waals surface area (Å²) in [6.45, 7) is 0. The van der Waals surface area contributed by atoms with E-state index in [1.165, 1.54) is 16.0 Å². The third-order valence-corrected chi connectivity index (χ3v) is 2.67. The summed E-state index contributed by atoms with van der Waals surface area (Å²) < 4.78 is 6.37. The molecule has 6 nitrogen and oxygen atoms in total. The van der Waals surface area contributed by atoms with E-state index in [1.54, 1.807) is 7.11 Å². The van der Waals surface area contributed by atoms with Gasteiger partial charge < -0.3 is 16.3 Å². The summed E-state index contributed by atoms with van der Waals surface area (Å²) >= 11 is 1.47. The van der Waals surface area contributed by atoms with Crippen molar-refractivity contribution in [1.29, 1.82) is 0 Å². The molecule has 0 aliphatic heterocycles. The Hall–Kier alpha value is -1.76. The van der Waals surface area contributed by atoms with Crippen molar-refractivity contribution in [3.63, 3.8) is 0 Å². The largest absolute Gasteiger partial charge is 0.495 e. The van der Waals surface area contributed by atoms with Gasteiger partial charge in [0.25, 0.3) is 0 Å². The summed E-state index contributed by atoms with van der Waals surface area (Å²) in [6.07, 6.45) is 0. The topological polar surface area (TPSA) is 92.0 Å². The van der Waals surface area contributed by atoms with Gasteiger partial charge in [0.2, 0.25) is 5.95 Å². The lowest BCUT2D eigenvalue weighted by molar-refractivity contribution is 0.418. The number of anilines is 1. The van der Waals surface area contributed by atoms with Crippen molar-refractivity contribution >= 4 is 17.3 Å². The van der Waals surface area contributed by atoms with E-state index in [1.807, 2.05) is 11.4 Å². The van der Waals surface area contributed by atoms with Gasteiger partial charge in [0.15, 0.2) is 5.82 Å². The van der Waals surface area contributed by atoms with Crippen molar-refractivity contribution < 1.29 is 4.74 Å². The quantitative estimate of drug-likeness (QED) is 0.697. The first-order valence-electron chi connectivity index (χ1n) is 3.82. The molecule has 2 heterocycles. The second-order valence-electron chi connectivity index (χ2n) is 2.57. The molecule has 0 unspecified atom stereocenters. The number of nitrogens with two attached hydrogens (primary N) is 2. The molecule has 0 radical (unpaired) electrons. The van der Waals surface area contributed by atoms with Crippen molar-refractivity contribution in [1.82, 2.24) is 14.9 Å².